The number of nitrogens with one attached hydrogen (secondary N) is 1. The Morgan fingerprint density at radius 2 is 2.20 bits per heavy atom. The van der Waals surface area contributed by atoms with Crippen molar-refractivity contribution in [2.45, 2.75) is 20.4 Å². The highest BCUT2D eigenvalue weighted by molar-refractivity contribution is 5.72. The van der Waals surface area contributed by atoms with E-state index in [9.17, 15) is 14.7 Å². The lowest BCUT2D eigenvalue weighted by molar-refractivity contribution is -0.119. The molecule has 1 rings (SSSR count). The second-order valence-electron chi connectivity index (χ2n) is 3.41. The number of carbonyl (C=O) groups is 1. The summed E-state index contributed by atoms with van der Waals surface area (Å²) in [6, 6.07) is 1.35. The summed E-state index contributed by atoms with van der Waals surface area (Å²) in [5.74, 6) is -0.514. The summed E-state index contributed by atoms with van der Waals surface area (Å²) in [7, 11) is 1.73. The van der Waals surface area contributed by atoms with Gasteiger partial charge in [0.25, 0.3) is 0 Å². The molecule has 0 aliphatic carbocycles. The molecule has 1 aromatic rings. The van der Waals surface area contributed by atoms with Crippen LogP contribution in [0.15, 0.2) is 10.9 Å². The van der Waals surface area contributed by atoms with Gasteiger partial charge in [-0.15, -0.1) is 0 Å². The van der Waals surface area contributed by atoms with Crippen LogP contribution in [0.5, 0.6) is 5.75 Å². The number of hydrogen-bond acceptors (Lipinski definition) is 3. The molecule has 82 valence electrons. The van der Waals surface area contributed by atoms with Crippen LogP contribution < -0.4 is 10.7 Å². The molecule has 0 aliphatic rings. The average Bonchev–Trinajstić information content (AvgIpc) is 2.14. The summed E-state index contributed by atoms with van der Waals surface area (Å²) in [5, 5.41) is 12.1. The molecule has 0 spiro atoms. The molecular weight excluding hydrogens is 196 g/mol. The first-order chi connectivity index (χ1) is 6.93. The van der Waals surface area contributed by atoms with Crippen molar-refractivity contribution >= 4 is 5.91 Å². The summed E-state index contributed by atoms with van der Waals surface area (Å²) in [6.07, 6.45) is 0. The molecule has 15 heavy (non-hydrogen) atoms. The van der Waals surface area contributed by atoms with Gasteiger partial charge in [-0.3, -0.25) is 9.59 Å². The molecule has 5 heteroatoms. The highest BCUT2D eigenvalue weighted by Gasteiger charge is 2.10. The molecule has 0 saturated heterocycles. The third kappa shape index (κ3) is 2.37. The lowest BCUT2D eigenvalue weighted by Crippen LogP contribution is -2.24. The van der Waals surface area contributed by atoms with E-state index in [2.05, 4.69) is 5.32 Å². The quantitative estimate of drug-likeness (QED) is 0.723. The van der Waals surface area contributed by atoms with Crippen molar-refractivity contribution in [1.82, 2.24) is 9.88 Å². The van der Waals surface area contributed by atoms with Gasteiger partial charge in [0.15, 0.2) is 5.75 Å². The predicted octanol–water partition coefficient (Wildman–Crippen LogP) is 0.0354. The maximum atomic E-state index is 11.3. The summed E-state index contributed by atoms with van der Waals surface area (Å²) >= 11 is 0. The normalized spacial score (nSPS) is 10.1. The molecule has 1 aromatic heterocycles. The summed E-state index contributed by atoms with van der Waals surface area (Å²) < 4.78 is 1.67. The summed E-state index contributed by atoms with van der Waals surface area (Å²) in [6.45, 7) is 3.29. The SMILES string of the molecule is CC(=O)NCc1c(O)c(=O)cc(C)n1C. The van der Waals surface area contributed by atoms with Crippen LogP contribution in [0.25, 0.3) is 0 Å². The van der Waals surface area contributed by atoms with E-state index in [1.165, 1.54) is 13.0 Å². The number of amides is 1. The van der Waals surface area contributed by atoms with E-state index in [1.54, 1.807) is 18.5 Å². The van der Waals surface area contributed by atoms with E-state index in [0.717, 1.165) is 5.69 Å². The summed E-state index contributed by atoms with van der Waals surface area (Å²) in [4.78, 5) is 22.0. The molecule has 0 radical (unpaired) electrons. The third-order valence-corrected chi connectivity index (χ3v) is 2.29. The number of carbonyl (C=O) groups excluding carboxylic acids is 1. The number of hydrogen-bond donors (Lipinski definition) is 2. The zero-order valence-corrected chi connectivity index (χ0v) is 9.00. The van der Waals surface area contributed by atoms with Gasteiger partial charge in [0.2, 0.25) is 11.3 Å². The van der Waals surface area contributed by atoms with Crippen molar-refractivity contribution < 1.29 is 9.90 Å². The van der Waals surface area contributed by atoms with Gasteiger partial charge in [-0.05, 0) is 6.92 Å². The maximum Gasteiger partial charge on any atom is 0.223 e. The maximum absolute atomic E-state index is 11.3. The van der Waals surface area contributed by atoms with Crippen molar-refractivity contribution in [2.75, 3.05) is 0 Å². The van der Waals surface area contributed by atoms with Gasteiger partial charge >= 0.3 is 0 Å². The van der Waals surface area contributed by atoms with Crippen LogP contribution in [0.3, 0.4) is 0 Å². The lowest BCUT2D eigenvalue weighted by Gasteiger charge is -2.13. The van der Waals surface area contributed by atoms with Crippen molar-refractivity contribution in [1.29, 1.82) is 0 Å². The Labute approximate surface area is 87.4 Å². The van der Waals surface area contributed by atoms with Gasteiger partial charge in [-0.2, -0.15) is 0 Å². The van der Waals surface area contributed by atoms with Gasteiger partial charge in [-0.1, -0.05) is 0 Å². The molecule has 2 N–H and O–H groups in total. The van der Waals surface area contributed by atoms with Gasteiger partial charge < -0.3 is 15.0 Å². The molecule has 0 aliphatic heterocycles. The smallest absolute Gasteiger partial charge is 0.223 e. The van der Waals surface area contributed by atoms with Crippen molar-refractivity contribution in [3.63, 3.8) is 0 Å². The van der Waals surface area contributed by atoms with Crippen molar-refractivity contribution in [3.05, 3.63) is 27.7 Å². The van der Waals surface area contributed by atoms with E-state index in [1.807, 2.05) is 0 Å². The van der Waals surface area contributed by atoms with Crippen LogP contribution in [-0.2, 0) is 18.4 Å². The number of pyridine rings is 1. The standard InChI is InChI=1S/C10H14N2O3/c1-6-4-9(14)10(15)8(12(6)3)5-11-7(2)13/h4,15H,5H2,1-3H3,(H,11,13). The number of aromatic nitrogens is 1. The minimum absolute atomic E-state index is 0.147. The fraction of sp³-hybridized carbons (Fsp3) is 0.400. The Balaban J connectivity index is 3.15. The topological polar surface area (TPSA) is 71.3 Å². The Kier molecular flexibility index (Phi) is 3.14. The molecule has 0 aromatic carbocycles. The molecule has 0 atom stereocenters. The number of aryl methyl sites for hydroxylation is 1. The monoisotopic (exact) mass is 210 g/mol. The zero-order chi connectivity index (χ0) is 11.6. The highest BCUT2D eigenvalue weighted by Crippen LogP contribution is 2.11. The van der Waals surface area contributed by atoms with Crippen LogP contribution in [0.4, 0.5) is 0 Å². The van der Waals surface area contributed by atoms with E-state index in [-0.39, 0.29) is 18.2 Å². The van der Waals surface area contributed by atoms with Gasteiger partial charge in [0, 0.05) is 25.7 Å². The minimum atomic E-state index is -0.425. The van der Waals surface area contributed by atoms with Crippen molar-refractivity contribution in [2.24, 2.45) is 7.05 Å². The van der Waals surface area contributed by atoms with Crippen LogP contribution in [0.1, 0.15) is 18.3 Å². The van der Waals surface area contributed by atoms with Gasteiger partial charge in [0.1, 0.15) is 0 Å². The van der Waals surface area contributed by atoms with Crippen LogP contribution in [0, 0.1) is 6.92 Å². The van der Waals surface area contributed by atoms with E-state index < -0.39 is 5.43 Å². The van der Waals surface area contributed by atoms with Gasteiger partial charge in [-0.25, -0.2) is 0 Å². The average molecular weight is 210 g/mol. The van der Waals surface area contributed by atoms with Crippen LogP contribution in [-0.4, -0.2) is 15.6 Å². The van der Waals surface area contributed by atoms with Gasteiger partial charge in [0.05, 0.1) is 12.2 Å². The first-order valence-electron chi connectivity index (χ1n) is 4.56. The number of aromatic hydroxyl groups is 1. The van der Waals surface area contributed by atoms with Crippen LogP contribution >= 0.6 is 0 Å². The fourth-order valence-corrected chi connectivity index (χ4v) is 1.28. The molecule has 0 fully saturated rings. The zero-order valence-electron chi connectivity index (χ0n) is 9.00. The van der Waals surface area contributed by atoms with E-state index in [4.69, 9.17) is 0 Å². The molecule has 1 heterocycles. The third-order valence-electron chi connectivity index (χ3n) is 2.29. The van der Waals surface area contributed by atoms with E-state index >= 15 is 0 Å². The van der Waals surface area contributed by atoms with E-state index in [0.29, 0.717) is 5.69 Å². The predicted molar refractivity (Wildman–Crippen MR) is 55.6 cm³/mol. The fourth-order valence-electron chi connectivity index (χ4n) is 1.28. The Morgan fingerprint density at radius 1 is 1.60 bits per heavy atom. The minimum Gasteiger partial charge on any atom is -0.503 e. The first-order valence-corrected chi connectivity index (χ1v) is 4.56. The Hall–Kier alpha value is -1.78. The highest BCUT2D eigenvalue weighted by atomic mass is 16.3. The second-order valence-corrected chi connectivity index (χ2v) is 3.41. The molecule has 0 unspecified atom stereocenters. The molecule has 0 saturated carbocycles. The molecule has 5 nitrogen and oxygen atoms in total. The molecular formula is C10H14N2O3. The largest absolute Gasteiger partial charge is 0.503 e. The van der Waals surface area contributed by atoms with Crippen molar-refractivity contribution in [3.8, 4) is 5.75 Å². The summed E-state index contributed by atoms with van der Waals surface area (Å²) in [5.41, 5.74) is 0.722. The first kappa shape index (κ1) is 11.3. The molecule has 0 bridgehead atoms. The van der Waals surface area contributed by atoms with Crippen LogP contribution in [0.2, 0.25) is 0 Å². The molecule has 1 amide bonds. The lowest BCUT2D eigenvalue weighted by atomic mass is 10.2. The number of rotatable bonds is 2. The second kappa shape index (κ2) is 4.16. The number of nitrogens with zero attached hydrogens (tertiary/aromatic N) is 1. The Morgan fingerprint density at radius 3 is 2.73 bits per heavy atom. The Bertz CT molecular complexity index is 449.